The average molecular weight is 292 g/mol. The summed E-state index contributed by atoms with van der Waals surface area (Å²) in [5, 5.41) is 0. The third-order valence-electron chi connectivity index (χ3n) is 2.20. The van der Waals surface area contributed by atoms with Gasteiger partial charge in [-0.1, -0.05) is 18.2 Å². The fourth-order valence-electron chi connectivity index (χ4n) is 1.32. The number of benzene rings is 1. The first-order valence-corrected chi connectivity index (χ1v) is 8.04. The van der Waals surface area contributed by atoms with E-state index >= 15 is 0 Å². The van der Waals surface area contributed by atoms with Crippen molar-refractivity contribution in [3.63, 3.8) is 0 Å². The Bertz CT molecular complexity index is 422. The Labute approximate surface area is 113 Å². The van der Waals surface area contributed by atoms with Crippen LogP contribution in [0, 0.1) is 0 Å². The van der Waals surface area contributed by atoms with Crippen LogP contribution < -0.4 is 9.46 Å². The van der Waals surface area contributed by atoms with Gasteiger partial charge in [-0.05, 0) is 25.0 Å². The van der Waals surface area contributed by atoms with E-state index in [1.165, 1.54) is 0 Å². The predicted molar refractivity (Wildman–Crippen MR) is 73.7 cm³/mol. The summed E-state index contributed by atoms with van der Waals surface area (Å²) in [5.41, 5.74) is 0. The van der Waals surface area contributed by atoms with Crippen molar-refractivity contribution in [2.45, 2.75) is 12.8 Å². The molecule has 0 aliphatic rings. The summed E-state index contributed by atoms with van der Waals surface area (Å²) in [5.74, 6) is 1.23. The smallest absolute Gasteiger partial charge is 0.211 e. The number of sulfonamides is 1. The SMILES string of the molecule is O=S(=O)(CCCCl)NCCCOc1ccccc1. The number of nitrogens with one attached hydrogen (secondary N) is 1. The van der Waals surface area contributed by atoms with Gasteiger partial charge in [0.25, 0.3) is 0 Å². The Morgan fingerprint density at radius 1 is 1.17 bits per heavy atom. The van der Waals surface area contributed by atoms with Crippen molar-refractivity contribution in [1.29, 1.82) is 0 Å². The van der Waals surface area contributed by atoms with Gasteiger partial charge in [-0.2, -0.15) is 0 Å². The Morgan fingerprint density at radius 2 is 1.89 bits per heavy atom. The molecule has 1 N–H and O–H groups in total. The molecule has 0 aliphatic carbocycles. The summed E-state index contributed by atoms with van der Waals surface area (Å²) in [6, 6.07) is 9.43. The first-order chi connectivity index (χ1) is 8.64. The summed E-state index contributed by atoms with van der Waals surface area (Å²) in [7, 11) is -3.18. The molecular formula is C12H18ClNO3S. The lowest BCUT2D eigenvalue weighted by molar-refractivity contribution is 0.311. The standard InChI is InChI=1S/C12H18ClNO3S/c13-8-4-11-18(15,16)14-9-5-10-17-12-6-2-1-3-7-12/h1-3,6-7,14H,4-5,8-11H2. The van der Waals surface area contributed by atoms with E-state index in [1.807, 2.05) is 30.3 Å². The molecule has 0 aliphatic heterocycles. The molecule has 0 radical (unpaired) electrons. The van der Waals surface area contributed by atoms with Crippen molar-refractivity contribution < 1.29 is 13.2 Å². The quantitative estimate of drug-likeness (QED) is 0.559. The highest BCUT2D eigenvalue weighted by Gasteiger charge is 2.07. The van der Waals surface area contributed by atoms with E-state index in [0.717, 1.165) is 5.75 Å². The third-order valence-corrected chi connectivity index (χ3v) is 3.94. The number of alkyl halides is 1. The lowest BCUT2D eigenvalue weighted by Gasteiger charge is -2.07. The number of hydrogen-bond acceptors (Lipinski definition) is 3. The van der Waals surface area contributed by atoms with Gasteiger partial charge in [0.05, 0.1) is 12.4 Å². The third kappa shape index (κ3) is 6.83. The normalized spacial score (nSPS) is 11.4. The maximum atomic E-state index is 11.4. The van der Waals surface area contributed by atoms with Gasteiger partial charge in [0.1, 0.15) is 5.75 Å². The van der Waals surface area contributed by atoms with Crippen LogP contribution in [0.1, 0.15) is 12.8 Å². The highest BCUT2D eigenvalue weighted by Crippen LogP contribution is 2.08. The molecule has 0 atom stereocenters. The molecule has 1 rings (SSSR count). The first-order valence-electron chi connectivity index (χ1n) is 5.85. The lowest BCUT2D eigenvalue weighted by Crippen LogP contribution is -2.28. The van der Waals surface area contributed by atoms with Crippen LogP contribution in [-0.2, 0) is 10.0 Å². The van der Waals surface area contributed by atoms with E-state index in [-0.39, 0.29) is 5.75 Å². The molecule has 18 heavy (non-hydrogen) atoms. The summed E-state index contributed by atoms with van der Waals surface area (Å²) < 4.78 is 30.8. The van der Waals surface area contributed by atoms with Crippen molar-refractivity contribution in [2.24, 2.45) is 0 Å². The zero-order chi connectivity index (χ0) is 13.3. The highest BCUT2D eigenvalue weighted by molar-refractivity contribution is 7.89. The Balaban J connectivity index is 2.12. The molecule has 4 nitrogen and oxygen atoms in total. The second-order valence-corrected chi connectivity index (χ2v) is 6.08. The van der Waals surface area contributed by atoms with Crippen molar-refractivity contribution in [1.82, 2.24) is 4.72 Å². The molecule has 0 unspecified atom stereocenters. The maximum Gasteiger partial charge on any atom is 0.211 e. The summed E-state index contributed by atoms with van der Waals surface area (Å²) >= 11 is 5.45. The van der Waals surface area contributed by atoms with Gasteiger partial charge in [-0.3, -0.25) is 0 Å². The van der Waals surface area contributed by atoms with E-state index < -0.39 is 10.0 Å². The van der Waals surface area contributed by atoms with Gasteiger partial charge < -0.3 is 4.74 Å². The molecule has 0 fully saturated rings. The number of ether oxygens (including phenoxy) is 1. The molecule has 6 heteroatoms. The summed E-state index contributed by atoms with van der Waals surface area (Å²) in [4.78, 5) is 0. The van der Waals surface area contributed by atoms with Crippen LogP contribution in [-0.4, -0.2) is 33.2 Å². The summed E-state index contributed by atoms with van der Waals surface area (Å²) in [6.07, 6.45) is 1.10. The van der Waals surface area contributed by atoms with Gasteiger partial charge in [0.15, 0.2) is 0 Å². The first kappa shape index (κ1) is 15.3. The number of rotatable bonds is 9. The van der Waals surface area contributed by atoms with Gasteiger partial charge in [0.2, 0.25) is 10.0 Å². The summed E-state index contributed by atoms with van der Waals surface area (Å²) in [6.45, 7) is 0.874. The predicted octanol–water partition coefficient (Wildman–Crippen LogP) is 2.00. The second kappa shape index (κ2) is 8.34. The molecule has 1 aromatic rings. The minimum atomic E-state index is -3.18. The molecule has 102 valence electrons. The van der Waals surface area contributed by atoms with Crippen LogP contribution in [0.15, 0.2) is 30.3 Å². The van der Waals surface area contributed by atoms with Crippen molar-refractivity contribution >= 4 is 21.6 Å². The number of para-hydroxylation sites is 1. The van der Waals surface area contributed by atoms with E-state index in [9.17, 15) is 8.42 Å². The van der Waals surface area contributed by atoms with Crippen LogP contribution in [0.4, 0.5) is 0 Å². The Kier molecular flexibility index (Phi) is 7.08. The fourth-order valence-corrected chi connectivity index (χ4v) is 2.74. The van der Waals surface area contributed by atoms with Gasteiger partial charge >= 0.3 is 0 Å². The Hall–Kier alpha value is -0.780. The Morgan fingerprint density at radius 3 is 2.56 bits per heavy atom. The topological polar surface area (TPSA) is 55.4 Å². The average Bonchev–Trinajstić information content (AvgIpc) is 2.37. The molecule has 0 spiro atoms. The van der Waals surface area contributed by atoms with E-state index in [4.69, 9.17) is 16.3 Å². The van der Waals surface area contributed by atoms with E-state index in [1.54, 1.807) is 0 Å². The fraction of sp³-hybridized carbons (Fsp3) is 0.500. The molecule has 1 aromatic carbocycles. The molecular weight excluding hydrogens is 274 g/mol. The molecule has 0 bridgehead atoms. The molecule has 0 amide bonds. The van der Waals surface area contributed by atoms with Crippen LogP contribution in [0.25, 0.3) is 0 Å². The second-order valence-electron chi connectivity index (χ2n) is 3.77. The van der Waals surface area contributed by atoms with Gasteiger partial charge in [-0.15, -0.1) is 11.6 Å². The number of halogens is 1. The lowest BCUT2D eigenvalue weighted by atomic mass is 10.3. The molecule has 0 saturated heterocycles. The van der Waals surface area contributed by atoms with E-state index in [2.05, 4.69) is 4.72 Å². The van der Waals surface area contributed by atoms with Gasteiger partial charge in [-0.25, -0.2) is 13.1 Å². The highest BCUT2D eigenvalue weighted by atomic mass is 35.5. The number of hydrogen-bond donors (Lipinski definition) is 1. The molecule has 0 aromatic heterocycles. The minimum absolute atomic E-state index is 0.0794. The monoisotopic (exact) mass is 291 g/mol. The van der Waals surface area contributed by atoms with Crippen molar-refractivity contribution in [2.75, 3.05) is 24.8 Å². The van der Waals surface area contributed by atoms with Crippen molar-refractivity contribution in [3.8, 4) is 5.75 Å². The zero-order valence-electron chi connectivity index (χ0n) is 10.1. The van der Waals surface area contributed by atoms with Gasteiger partial charge in [0, 0.05) is 12.4 Å². The van der Waals surface area contributed by atoms with Crippen LogP contribution in [0.2, 0.25) is 0 Å². The van der Waals surface area contributed by atoms with Crippen LogP contribution in [0.5, 0.6) is 5.75 Å². The zero-order valence-corrected chi connectivity index (χ0v) is 11.7. The molecule has 0 saturated carbocycles. The van der Waals surface area contributed by atoms with Crippen molar-refractivity contribution in [3.05, 3.63) is 30.3 Å². The van der Waals surface area contributed by atoms with Crippen LogP contribution in [0.3, 0.4) is 0 Å². The largest absolute Gasteiger partial charge is 0.494 e. The maximum absolute atomic E-state index is 11.4. The van der Waals surface area contributed by atoms with Crippen LogP contribution >= 0.6 is 11.6 Å². The van der Waals surface area contributed by atoms with E-state index in [0.29, 0.717) is 31.9 Å². The molecule has 0 heterocycles. The minimum Gasteiger partial charge on any atom is -0.494 e.